The predicted octanol–water partition coefficient (Wildman–Crippen LogP) is 2.35. The van der Waals surface area contributed by atoms with Crippen molar-refractivity contribution < 1.29 is 9.72 Å². The molecule has 17 heavy (non-hydrogen) atoms. The third kappa shape index (κ3) is 2.88. The number of carbonyl (C=O) groups is 1. The van der Waals surface area contributed by atoms with E-state index in [1.54, 1.807) is 0 Å². The number of thiazole rings is 1. The molecule has 0 unspecified atom stereocenters. The topological polar surface area (TPSA) is 85.1 Å². The number of nitrogens with one attached hydrogen (secondary N) is 1. The van der Waals surface area contributed by atoms with E-state index in [9.17, 15) is 14.9 Å². The van der Waals surface area contributed by atoms with Crippen LogP contribution in [-0.4, -0.2) is 15.8 Å². The van der Waals surface area contributed by atoms with Gasteiger partial charge in [-0.25, -0.2) is 4.98 Å². The third-order valence-corrected chi connectivity index (χ3v) is 3.41. The van der Waals surface area contributed by atoms with E-state index in [1.807, 2.05) is 6.08 Å². The first-order valence-electron chi connectivity index (χ1n) is 5.23. The second-order valence-electron chi connectivity index (χ2n) is 3.73. The van der Waals surface area contributed by atoms with Crippen LogP contribution in [0.25, 0.3) is 0 Å². The summed E-state index contributed by atoms with van der Waals surface area (Å²) in [6.45, 7) is 0. The maximum Gasteiger partial charge on any atom is 0.345 e. The van der Waals surface area contributed by atoms with Gasteiger partial charge >= 0.3 is 5.00 Å². The van der Waals surface area contributed by atoms with E-state index in [4.69, 9.17) is 0 Å². The number of amides is 1. The minimum absolute atomic E-state index is 0.0528. The lowest BCUT2D eigenvalue weighted by Gasteiger charge is -2.15. The van der Waals surface area contributed by atoms with Crippen molar-refractivity contribution in [2.45, 2.75) is 19.3 Å². The molecule has 0 fully saturated rings. The van der Waals surface area contributed by atoms with E-state index >= 15 is 0 Å². The zero-order valence-electron chi connectivity index (χ0n) is 8.96. The van der Waals surface area contributed by atoms with E-state index in [0.717, 1.165) is 36.8 Å². The minimum Gasteiger partial charge on any atom is -0.302 e. The molecule has 1 N–H and O–H groups in total. The van der Waals surface area contributed by atoms with Gasteiger partial charge in [-0.05, 0) is 30.6 Å². The van der Waals surface area contributed by atoms with Gasteiger partial charge in [0.25, 0.3) is 0 Å². The maximum absolute atomic E-state index is 11.8. The van der Waals surface area contributed by atoms with Gasteiger partial charge in [-0.15, -0.1) is 0 Å². The quantitative estimate of drug-likeness (QED) is 0.509. The average Bonchev–Trinajstić information content (AvgIpc) is 2.79. The Hall–Kier alpha value is -1.76. The van der Waals surface area contributed by atoms with E-state index < -0.39 is 4.92 Å². The molecule has 2 rings (SSSR count). The van der Waals surface area contributed by atoms with E-state index in [0.29, 0.717) is 0 Å². The monoisotopic (exact) mass is 253 g/mol. The summed E-state index contributed by atoms with van der Waals surface area (Å²) in [5.41, 5.74) is 0. The molecular weight excluding hydrogens is 242 g/mol. The molecule has 1 aromatic heterocycles. The molecule has 6 nitrogen and oxygen atoms in total. The van der Waals surface area contributed by atoms with Crippen LogP contribution in [0.4, 0.5) is 10.1 Å². The maximum atomic E-state index is 11.8. The van der Waals surface area contributed by atoms with Crippen molar-refractivity contribution in [3.63, 3.8) is 0 Å². The highest BCUT2D eigenvalue weighted by molar-refractivity contribution is 7.18. The highest BCUT2D eigenvalue weighted by Gasteiger charge is 2.20. The first kappa shape index (κ1) is 11.7. The normalized spacial score (nSPS) is 18.9. The number of anilines is 1. The molecule has 1 aliphatic carbocycles. The number of rotatable bonds is 3. The van der Waals surface area contributed by atoms with Gasteiger partial charge in [0.2, 0.25) is 5.91 Å². The Labute approximate surface area is 102 Å². The van der Waals surface area contributed by atoms with Crippen LogP contribution in [-0.2, 0) is 4.79 Å². The summed E-state index contributed by atoms with van der Waals surface area (Å²) < 4.78 is 0. The molecule has 0 aromatic carbocycles. The second kappa shape index (κ2) is 5.05. The Morgan fingerprint density at radius 3 is 3.00 bits per heavy atom. The predicted molar refractivity (Wildman–Crippen MR) is 63.9 cm³/mol. The standard InChI is InChI=1S/C10H11N3O3S/c14-9(7-4-2-1-3-5-7)12-10-11-6-8(17-10)13(15)16/h1-2,6-7H,3-5H2,(H,11,12,14)/t7-/m0/s1. The fraction of sp³-hybridized carbons (Fsp3) is 0.400. The zero-order valence-corrected chi connectivity index (χ0v) is 9.77. The van der Waals surface area contributed by atoms with Gasteiger partial charge in [0.15, 0.2) is 5.13 Å². The van der Waals surface area contributed by atoms with Gasteiger partial charge in [0.05, 0.1) is 4.92 Å². The summed E-state index contributed by atoms with van der Waals surface area (Å²) in [4.78, 5) is 25.5. The molecule has 0 bridgehead atoms. The molecule has 7 heteroatoms. The number of nitro groups is 1. The lowest BCUT2D eigenvalue weighted by molar-refractivity contribution is -0.380. The fourth-order valence-corrected chi connectivity index (χ4v) is 2.28. The van der Waals surface area contributed by atoms with Crippen LogP contribution in [0, 0.1) is 16.0 Å². The summed E-state index contributed by atoms with van der Waals surface area (Å²) >= 11 is 0.873. The van der Waals surface area contributed by atoms with Crippen molar-refractivity contribution in [2.24, 2.45) is 5.92 Å². The summed E-state index contributed by atoms with van der Waals surface area (Å²) in [5, 5.41) is 13.3. The number of carbonyl (C=O) groups excluding carboxylic acids is 1. The molecule has 0 aliphatic heterocycles. The molecule has 1 aliphatic rings. The van der Waals surface area contributed by atoms with Crippen LogP contribution in [0.5, 0.6) is 0 Å². The number of aromatic nitrogens is 1. The van der Waals surface area contributed by atoms with E-state index in [1.165, 1.54) is 0 Å². The SMILES string of the molecule is O=C(Nc1ncc([N+](=O)[O-])s1)[C@H]1CC=CCC1. The van der Waals surface area contributed by atoms with Gasteiger partial charge in [0, 0.05) is 5.92 Å². The number of hydrogen-bond acceptors (Lipinski definition) is 5. The number of hydrogen-bond donors (Lipinski definition) is 1. The largest absolute Gasteiger partial charge is 0.345 e. The number of nitrogens with zero attached hydrogens (tertiary/aromatic N) is 2. The van der Waals surface area contributed by atoms with E-state index in [2.05, 4.69) is 16.4 Å². The molecule has 0 saturated carbocycles. The Balaban J connectivity index is 1.97. The van der Waals surface area contributed by atoms with Crippen molar-refractivity contribution in [3.05, 3.63) is 28.5 Å². The van der Waals surface area contributed by atoms with Crippen LogP contribution in [0.15, 0.2) is 18.3 Å². The molecule has 0 saturated heterocycles. The van der Waals surface area contributed by atoms with Gasteiger partial charge in [-0.1, -0.05) is 12.2 Å². The fourth-order valence-electron chi connectivity index (χ4n) is 1.65. The minimum atomic E-state index is -0.517. The van der Waals surface area contributed by atoms with Crippen LogP contribution < -0.4 is 5.32 Å². The van der Waals surface area contributed by atoms with E-state index in [-0.39, 0.29) is 22.0 Å². The Kier molecular flexibility index (Phi) is 3.48. The highest BCUT2D eigenvalue weighted by atomic mass is 32.1. The molecule has 1 amide bonds. The molecular formula is C10H11N3O3S. The lowest BCUT2D eigenvalue weighted by atomic mass is 9.94. The van der Waals surface area contributed by atoms with Crippen molar-refractivity contribution in [2.75, 3.05) is 5.32 Å². The molecule has 1 heterocycles. The Morgan fingerprint density at radius 1 is 1.59 bits per heavy atom. The van der Waals surface area contributed by atoms with Gasteiger partial charge in [-0.2, -0.15) is 0 Å². The van der Waals surface area contributed by atoms with Gasteiger partial charge < -0.3 is 5.32 Å². The van der Waals surface area contributed by atoms with Crippen LogP contribution in [0.3, 0.4) is 0 Å². The van der Waals surface area contributed by atoms with Crippen molar-refractivity contribution in [1.82, 2.24) is 4.98 Å². The van der Waals surface area contributed by atoms with Gasteiger partial charge in [-0.3, -0.25) is 14.9 Å². The van der Waals surface area contributed by atoms with Gasteiger partial charge in [0.1, 0.15) is 6.20 Å². The third-order valence-electron chi connectivity index (χ3n) is 2.54. The molecule has 0 radical (unpaired) electrons. The molecule has 1 atom stereocenters. The Morgan fingerprint density at radius 2 is 2.41 bits per heavy atom. The smallest absolute Gasteiger partial charge is 0.302 e. The first-order valence-corrected chi connectivity index (χ1v) is 6.04. The van der Waals surface area contributed by atoms with Crippen LogP contribution >= 0.6 is 11.3 Å². The highest BCUT2D eigenvalue weighted by Crippen LogP contribution is 2.26. The zero-order chi connectivity index (χ0) is 12.3. The molecule has 90 valence electrons. The summed E-state index contributed by atoms with van der Waals surface area (Å²) in [5.74, 6) is -0.165. The molecule has 0 spiro atoms. The Bertz CT molecular complexity index is 469. The van der Waals surface area contributed by atoms with Crippen molar-refractivity contribution >= 4 is 27.4 Å². The van der Waals surface area contributed by atoms with Crippen LogP contribution in [0.1, 0.15) is 19.3 Å². The first-order chi connectivity index (χ1) is 8.16. The summed E-state index contributed by atoms with van der Waals surface area (Å²) in [7, 11) is 0. The van der Waals surface area contributed by atoms with Crippen LogP contribution in [0.2, 0.25) is 0 Å². The number of allylic oxidation sites excluding steroid dienone is 2. The lowest BCUT2D eigenvalue weighted by Crippen LogP contribution is -2.23. The van der Waals surface area contributed by atoms with Crippen molar-refractivity contribution in [3.8, 4) is 0 Å². The molecule has 1 aromatic rings. The summed E-state index contributed by atoms with van der Waals surface area (Å²) in [6, 6.07) is 0. The van der Waals surface area contributed by atoms with Crippen molar-refractivity contribution in [1.29, 1.82) is 0 Å². The second-order valence-corrected chi connectivity index (χ2v) is 4.74. The summed E-state index contributed by atoms with van der Waals surface area (Å²) in [6.07, 6.45) is 7.63. The average molecular weight is 253 g/mol.